The van der Waals surface area contributed by atoms with Crippen LogP contribution in [0.1, 0.15) is 81.8 Å². The molecule has 2 saturated heterocycles. The van der Waals surface area contributed by atoms with Crippen LogP contribution in [-0.2, 0) is 16.1 Å². The Balaban J connectivity index is 1.07. The molecule has 2 heterocycles. The lowest BCUT2D eigenvalue weighted by Crippen LogP contribution is -2.48. The topological polar surface area (TPSA) is 53.1 Å². The highest BCUT2D eigenvalue weighted by Crippen LogP contribution is 2.47. The van der Waals surface area contributed by atoms with Crippen LogP contribution in [-0.4, -0.2) is 71.0 Å². The molecule has 0 spiro atoms. The Bertz CT molecular complexity index is 1150. The summed E-state index contributed by atoms with van der Waals surface area (Å²) in [5.41, 5.74) is 2.45. The van der Waals surface area contributed by atoms with Gasteiger partial charge in [-0.15, -0.1) is 0 Å². The summed E-state index contributed by atoms with van der Waals surface area (Å²) in [6.45, 7) is 6.12. The van der Waals surface area contributed by atoms with Gasteiger partial charge in [-0.1, -0.05) is 73.5 Å². The van der Waals surface area contributed by atoms with Crippen molar-refractivity contribution in [2.75, 3.05) is 26.2 Å². The van der Waals surface area contributed by atoms with E-state index in [1.54, 1.807) is 0 Å². The average Bonchev–Trinajstić information content (AvgIpc) is 3.57. The number of ether oxygens (including phenoxy) is 1. The van der Waals surface area contributed by atoms with Crippen molar-refractivity contribution in [3.63, 3.8) is 0 Å². The van der Waals surface area contributed by atoms with Gasteiger partial charge in [0.2, 0.25) is 5.91 Å². The van der Waals surface area contributed by atoms with Gasteiger partial charge in [-0.05, 0) is 74.3 Å². The van der Waals surface area contributed by atoms with Crippen molar-refractivity contribution in [1.29, 1.82) is 0 Å². The van der Waals surface area contributed by atoms with Crippen molar-refractivity contribution in [2.45, 2.75) is 95.4 Å². The molecule has 2 saturated carbocycles. The highest BCUT2D eigenvalue weighted by atomic mass is 16.6. The molecule has 1 unspecified atom stereocenters. The first-order valence-corrected chi connectivity index (χ1v) is 16.2. The van der Waals surface area contributed by atoms with E-state index in [9.17, 15) is 9.59 Å². The lowest BCUT2D eigenvalue weighted by Gasteiger charge is -2.39. The van der Waals surface area contributed by atoms with Gasteiger partial charge in [-0.3, -0.25) is 4.79 Å². The van der Waals surface area contributed by atoms with Crippen LogP contribution in [0.5, 0.6) is 0 Å². The van der Waals surface area contributed by atoms with E-state index in [0.29, 0.717) is 48.9 Å². The maximum absolute atomic E-state index is 13.3. The summed E-state index contributed by atoms with van der Waals surface area (Å²) >= 11 is 0. The fourth-order valence-electron chi connectivity index (χ4n) is 8.50. The number of nitrogens with zero attached hydrogens (tertiary/aromatic N) is 3. The number of piperidine rings is 1. The van der Waals surface area contributed by atoms with E-state index >= 15 is 0 Å². The van der Waals surface area contributed by atoms with Gasteiger partial charge in [0, 0.05) is 50.7 Å². The van der Waals surface area contributed by atoms with Crippen LogP contribution in [0, 0.1) is 11.8 Å². The fourth-order valence-corrected chi connectivity index (χ4v) is 8.50. The van der Waals surface area contributed by atoms with Gasteiger partial charge >= 0.3 is 6.09 Å². The van der Waals surface area contributed by atoms with Crippen molar-refractivity contribution in [3.8, 4) is 0 Å². The van der Waals surface area contributed by atoms with E-state index in [4.69, 9.17) is 4.74 Å². The second-order valence-electron chi connectivity index (χ2n) is 12.9. The molecular formula is C35H47N3O3. The van der Waals surface area contributed by atoms with E-state index in [-0.39, 0.29) is 12.1 Å². The number of likely N-dealkylation sites (tertiary alicyclic amines) is 2. The van der Waals surface area contributed by atoms with Crippen molar-refractivity contribution in [1.82, 2.24) is 14.7 Å². The predicted molar refractivity (Wildman–Crippen MR) is 161 cm³/mol. The van der Waals surface area contributed by atoms with Gasteiger partial charge in [0.05, 0.1) is 0 Å². The summed E-state index contributed by atoms with van der Waals surface area (Å²) < 4.78 is 5.68. The van der Waals surface area contributed by atoms with Crippen LogP contribution in [0.3, 0.4) is 0 Å². The monoisotopic (exact) mass is 557 g/mol. The maximum atomic E-state index is 13.3. The zero-order valence-electron chi connectivity index (χ0n) is 24.7. The minimum absolute atomic E-state index is 0.200. The van der Waals surface area contributed by atoms with Crippen LogP contribution >= 0.6 is 0 Å². The molecule has 5 atom stereocenters. The van der Waals surface area contributed by atoms with E-state index in [0.717, 1.165) is 57.3 Å². The molecule has 2 aromatic carbocycles. The predicted octanol–water partition coefficient (Wildman–Crippen LogP) is 6.46. The number of amides is 2. The first-order valence-electron chi connectivity index (χ1n) is 16.2. The van der Waals surface area contributed by atoms with Crippen molar-refractivity contribution in [3.05, 3.63) is 71.8 Å². The molecule has 4 fully saturated rings. The molecule has 6 rings (SSSR count). The highest BCUT2D eigenvalue weighted by molar-refractivity contribution is 5.80. The number of carbonyl (C=O) groups excluding carboxylic acids is 2. The van der Waals surface area contributed by atoms with E-state index < -0.39 is 0 Å². The SMILES string of the molecule is CCN(C(=O)OCc1ccccc1)C1CCN(C[C@H]2CC(N3C(=O)C[C@H]4CCCC[C@@H]43)C[C@@H]2c2ccccc2)CC1. The molecule has 2 amide bonds. The second kappa shape index (κ2) is 13.0. The Kier molecular flexibility index (Phi) is 8.95. The third-order valence-corrected chi connectivity index (χ3v) is 10.5. The van der Waals surface area contributed by atoms with Gasteiger partial charge in [0.1, 0.15) is 6.61 Å². The summed E-state index contributed by atoms with van der Waals surface area (Å²) in [5.74, 6) is 2.05. The second-order valence-corrected chi connectivity index (χ2v) is 12.9. The summed E-state index contributed by atoms with van der Waals surface area (Å²) in [6, 6.07) is 22.0. The zero-order valence-corrected chi connectivity index (χ0v) is 24.7. The van der Waals surface area contributed by atoms with Crippen molar-refractivity contribution in [2.24, 2.45) is 11.8 Å². The average molecular weight is 558 g/mol. The normalized spacial score (nSPS) is 29.0. The quantitative estimate of drug-likeness (QED) is 0.374. The van der Waals surface area contributed by atoms with Crippen molar-refractivity contribution >= 4 is 12.0 Å². The molecule has 41 heavy (non-hydrogen) atoms. The van der Waals surface area contributed by atoms with Crippen LogP contribution in [0.15, 0.2) is 60.7 Å². The number of hydrogen-bond acceptors (Lipinski definition) is 4. The Morgan fingerprint density at radius 2 is 1.63 bits per heavy atom. The van der Waals surface area contributed by atoms with Crippen LogP contribution in [0.25, 0.3) is 0 Å². The lowest BCUT2D eigenvalue weighted by atomic mass is 9.85. The Labute approximate surface area is 246 Å². The first kappa shape index (κ1) is 28.3. The molecule has 6 nitrogen and oxygen atoms in total. The Morgan fingerprint density at radius 1 is 0.927 bits per heavy atom. The smallest absolute Gasteiger partial charge is 0.410 e. The minimum Gasteiger partial charge on any atom is -0.445 e. The molecule has 4 aliphatic rings. The lowest BCUT2D eigenvalue weighted by molar-refractivity contribution is -0.131. The van der Waals surface area contributed by atoms with E-state index in [2.05, 4.69) is 47.1 Å². The molecule has 2 aliphatic carbocycles. The molecule has 0 bridgehead atoms. The third kappa shape index (κ3) is 6.33. The molecule has 0 N–H and O–H groups in total. The van der Waals surface area contributed by atoms with Gasteiger partial charge < -0.3 is 19.4 Å². The summed E-state index contributed by atoms with van der Waals surface area (Å²) in [4.78, 5) is 33.1. The molecule has 0 radical (unpaired) electrons. The Hall–Kier alpha value is -2.86. The largest absolute Gasteiger partial charge is 0.445 e. The summed E-state index contributed by atoms with van der Waals surface area (Å²) in [6.07, 6.45) is 9.73. The summed E-state index contributed by atoms with van der Waals surface area (Å²) in [7, 11) is 0. The fraction of sp³-hybridized carbons (Fsp3) is 0.600. The molecular weight excluding hydrogens is 510 g/mol. The van der Waals surface area contributed by atoms with Gasteiger partial charge in [-0.25, -0.2) is 4.79 Å². The molecule has 6 heteroatoms. The number of benzene rings is 2. The van der Waals surface area contributed by atoms with Crippen molar-refractivity contribution < 1.29 is 14.3 Å². The van der Waals surface area contributed by atoms with Crippen LogP contribution < -0.4 is 0 Å². The first-order chi connectivity index (χ1) is 20.1. The third-order valence-electron chi connectivity index (χ3n) is 10.5. The molecule has 2 aromatic rings. The minimum atomic E-state index is -0.200. The van der Waals surface area contributed by atoms with Crippen LogP contribution in [0.2, 0.25) is 0 Å². The van der Waals surface area contributed by atoms with Gasteiger partial charge in [0.15, 0.2) is 0 Å². The van der Waals surface area contributed by atoms with Crippen LogP contribution in [0.4, 0.5) is 4.79 Å². The van der Waals surface area contributed by atoms with Gasteiger partial charge in [0.25, 0.3) is 0 Å². The van der Waals surface area contributed by atoms with E-state index in [1.165, 1.54) is 31.2 Å². The van der Waals surface area contributed by atoms with E-state index in [1.807, 2.05) is 35.2 Å². The molecule has 2 aliphatic heterocycles. The van der Waals surface area contributed by atoms with Gasteiger partial charge in [-0.2, -0.15) is 0 Å². The number of hydrogen-bond donors (Lipinski definition) is 0. The molecule has 220 valence electrons. The number of carbonyl (C=O) groups is 2. The number of fused-ring (bicyclic) bond motifs is 1. The zero-order chi connectivity index (χ0) is 28.2. The number of rotatable bonds is 8. The standard InChI is InChI=1S/C35H47N3O3/c1-2-37(35(40)41-25-26-11-5-3-6-12-26)30-17-19-36(20-18-30)24-29-21-31(23-32(29)27-13-7-4-8-14-27)38-33-16-10-9-15-28(33)22-34(38)39/h3-8,11-14,28-33H,2,9-10,15-25H2,1H3/t28-,29-,31?,32-,33+/m1/s1. The highest BCUT2D eigenvalue weighted by Gasteiger charge is 2.48. The molecule has 0 aromatic heterocycles. The Morgan fingerprint density at radius 3 is 2.37 bits per heavy atom. The summed E-state index contributed by atoms with van der Waals surface area (Å²) in [5, 5.41) is 0. The maximum Gasteiger partial charge on any atom is 0.410 e.